The zero-order valence-electron chi connectivity index (χ0n) is 12.2. The number of halogens is 1. The lowest BCUT2D eigenvalue weighted by atomic mass is 9.95. The number of allylic oxidation sites excluding steroid dienone is 1. The Kier molecular flexibility index (Phi) is 4.08. The van der Waals surface area contributed by atoms with Crippen molar-refractivity contribution >= 4 is 7.37 Å². The molecule has 2 rings (SSSR count). The third kappa shape index (κ3) is 2.97. The first-order chi connectivity index (χ1) is 9.26. The topological polar surface area (TPSA) is 35.5 Å². The summed E-state index contributed by atoms with van der Waals surface area (Å²) in [4.78, 5) is 0. The van der Waals surface area contributed by atoms with E-state index >= 15 is 0 Å². The summed E-state index contributed by atoms with van der Waals surface area (Å²) in [6.45, 7) is 8.10. The third-order valence-corrected chi connectivity index (χ3v) is 5.40. The van der Waals surface area contributed by atoms with Crippen molar-refractivity contribution in [2.75, 3.05) is 6.61 Å². The molecule has 3 nitrogen and oxygen atoms in total. The van der Waals surface area contributed by atoms with Crippen LogP contribution in [-0.2, 0) is 13.8 Å². The lowest BCUT2D eigenvalue weighted by molar-refractivity contribution is 0.128. The molecule has 1 aromatic rings. The molecule has 0 unspecified atom stereocenters. The Morgan fingerprint density at radius 3 is 2.40 bits per heavy atom. The second kappa shape index (κ2) is 5.34. The molecule has 0 saturated carbocycles. The van der Waals surface area contributed by atoms with Crippen LogP contribution in [0.3, 0.4) is 0 Å². The maximum Gasteiger partial charge on any atom is 0.272 e. The van der Waals surface area contributed by atoms with Crippen LogP contribution in [0.15, 0.2) is 35.8 Å². The lowest BCUT2D eigenvalue weighted by Gasteiger charge is -2.23. The molecule has 1 aliphatic heterocycles. The van der Waals surface area contributed by atoms with Crippen LogP contribution in [0.4, 0.5) is 4.39 Å². The number of ether oxygens (including phenoxy) is 1. The fraction of sp³-hybridized carbons (Fsp3) is 0.467. The van der Waals surface area contributed by atoms with Crippen molar-refractivity contribution in [1.82, 2.24) is 0 Å². The molecule has 1 aromatic carbocycles. The van der Waals surface area contributed by atoms with E-state index in [-0.39, 0.29) is 11.2 Å². The molecule has 1 aliphatic rings. The highest BCUT2D eigenvalue weighted by Gasteiger charge is 2.44. The van der Waals surface area contributed by atoms with Gasteiger partial charge in [-0.15, -0.1) is 0 Å². The van der Waals surface area contributed by atoms with E-state index in [4.69, 9.17) is 9.26 Å². The summed E-state index contributed by atoms with van der Waals surface area (Å²) in [7, 11) is -3.08. The summed E-state index contributed by atoms with van der Waals surface area (Å²) < 4.78 is 37.3. The summed E-state index contributed by atoms with van der Waals surface area (Å²) in [6.07, 6.45) is 0. The maximum absolute atomic E-state index is 13.0. The largest absolute Gasteiger partial charge is 0.479 e. The molecule has 0 radical (unpaired) electrons. The molecule has 0 amide bonds. The van der Waals surface area contributed by atoms with Crippen molar-refractivity contribution < 1.29 is 18.2 Å². The summed E-state index contributed by atoms with van der Waals surface area (Å²) in [6, 6.07) is 5.85. The van der Waals surface area contributed by atoms with Crippen LogP contribution in [-0.4, -0.2) is 6.61 Å². The van der Waals surface area contributed by atoms with E-state index in [9.17, 15) is 8.96 Å². The van der Waals surface area contributed by atoms with Crippen LogP contribution in [0.2, 0.25) is 0 Å². The Balaban J connectivity index is 2.39. The Bertz CT molecular complexity index is 557. The maximum atomic E-state index is 13.0. The molecule has 0 N–H and O–H groups in total. The van der Waals surface area contributed by atoms with Gasteiger partial charge >= 0.3 is 0 Å². The van der Waals surface area contributed by atoms with Crippen molar-refractivity contribution in [3.63, 3.8) is 0 Å². The first kappa shape index (κ1) is 15.3. The van der Waals surface area contributed by atoms with Gasteiger partial charge in [-0.2, -0.15) is 0 Å². The predicted molar refractivity (Wildman–Crippen MR) is 77.0 cm³/mol. The van der Waals surface area contributed by atoms with Crippen molar-refractivity contribution in [3.05, 3.63) is 47.2 Å². The molecule has 0 spiro atoms. The minimum absolute atomic E-state index is 0.248. The number of hydrogen-bond acceptors (Lipinski definition) is 3. The second-order valence-corrected chi connectivity index (χ2v) is 8.10. The van der Waals surface area contributed by atoms with Crippen molar-refractivity contribution in [1.29, 1.82) is 0 Å². The van der Waals surface area contributed by atoms with E-state index in [0.29, 0.717) is 17.9 Å². The average Bonchev–Trinajstić information content (AvgIpc) is 2.68. The summed E-state index contributed by atoms with van der Waals surface area (Å²) in [5, 5.41) is 0. The molecule has 0 aromatic heterocycles. The quantitative estimate of drug-likeness (QED) is 0.732. The van der Waals surface area contributed by atoms with Crippen molar-refractivity contribution in [3.8, 4) is 0 Å². The molecule has 0 aliphatic carbocycles. The SMILES string of the molecule is CCO[P@]1(=O)C=C(C(C)(C)C)O[C@H]1c1ccc(F)cc1. The van der Waals surface area contributed by atoms with Crippen LogP contribution >= 0.6 is 7.37 Å². The highest BCUT2D eigenvalue weighted by atomic mass is 31.2. The summed E-state index contributed by atoms with van der Waals surface area (Å²) in [5.41, 5.74) is 0.417. The Hall–Kier alpha value is -1.12. The van der Waals surface area contributed by atoms with Crippen LogP contribution in [0.5, 0.6) is 0 Å². The van der Waals surface area contributed by atoms with Gasteiger partial charge in [-0.05, 0) is 19.1 Å². The van der Waals surface area contributed by atoms with Gasteiger partial charge in [0.15, 0.2) is 0 Å². The van der Waals surface area contributed by atoms with Gasteiger partial charge in [0.2, 0.25) is 5.85 Å². The van der Waals surface area contributed by atoms with E-state index in [2.05, 4.69) is 0 Å². The lowest BCUT2D eigenvalue weighted by Crippen LogP contribution is -2.11. The van der Waals surface area contributed by atoms with E-state index < -0.39 is 13.2 Å². The van der Waals surface area contributed by atoms with E-state index in [0.717, 1.165) is 0 Å². The van der Waals surface area contributed by atoms with Crippen LogP contribution < -0.4 is 0 Å². The average molecular weight is 298 g/mol. The molecular weight excluding hydrogens is 278 g/mol. The Labute approximate surface area is 119 Å². The van der Waals surface area contributed by atoms with Crippen LogP contribution in [0.1, 0.15) is 39.1 Å². The minimum Gasteiger partial charge on any atom is -0.479 e. The van der Waals surface area contributed by atoms with E-state index in [1.54, 1.807) is 24.9 Å². The summed E-state index contributed by atoms with van der Waals surface area (Å²) in [5.74, 6) is 1.26. The van der Waals surface area contributed by atoms with Crippen LogP contribution in [0.25, 0.3) is 0 Å². The third-order valence-electron chi connectivity index (χ3n) is 3.09. The molecule has 0 saturated heterocycles. The van der Waals surface area contributed by atoms with E-state index in [1.807, 2.05) is 20.8 Å². The molecule has 0 fully saturated rings. The molecular formula is C15H20FO3P. The van der Waals surface area contributed by atoms with Crippen molar-refractivity contribution in [2.24, 2.45) is 5.41 Å². The molecule has 0 bridgehead atoms. The first-order valence-electron chi connectivity index (χ1n) is 6.65. The van der Waals surface area contributed by atoms with Gasteiger partial charge < -0.3 is 9.26 Å². The monoisotopic (exact) mass is 298 g/mol. The molecule has 110 valence electrons. The van der Waals surface area contributed by atoms with Gasteiger partial charge in [0.1, 0.15) is 11.6 Å². The van der Waals surface area contributed by atoms with Crippen LogP contribution in [0, 0.1) is 11.2 Å². The first-order valence-corrected chi connectivity index (χ1v) is 8.42. The standard InChI is InChI=1S/C15H20FO3P/c1-5-18-20(17)10-13(15(2,3)4)19-14(20)11-6-8-12(16)9-7-11/h6-10,14H,5H2,1-4H3/t14-,20-/m1/s1. The number of rotatable bonds is 3. The van der Waals surface area contributed by atoms with Gasteiger partial charge in [-0.3, -0.25) is 4.57 Å². The smallest absolute Gasteiger partial charge is 0.272 e. The highest BCUT2D eigenvalue weighted by molar-refractivity contribution is 7.62. The number of hydrogen-bond donors (Lipinski definition) is 0. The van der Waals surface area contributed by atoms with Gasteiger partial charge in [0.25, 0.3) is 7.37 Å². The van der Waals surface area contributed by atoms with Gasteiger partial charge in [-0.1, -0.05) is 32.9 Å². The Morgan fingerprint density at radius 1 is 1.30 bits per heavy atom. The zero-order valence-corrected chi connectivity index (χ0v) is 13.1. The molecule has 2 atom stereocenters. The summed E-state index contributed by atoms with van der Waals surface area (Å²) >= 11 is 0. The van der Waals surface area contributed by atoms with Gasteiger partial charge in [0, 0.05) is 16.8 Å². The normalized spacial score (nSPS) is 26.2. The predicted octanol–water partition coefficient (Wildman–Crippen LogP) is 5.06. The van der Waals surface area contributed by atoms with Gasteiger partial charge in [-0.25, -0.2) is 4.39 Å². The zero-order chi connectivity index (χ0) is 15.0. The fourth-order valence-electron chi connectivity index (χ4n) is 2.04. The van der Waals surface area contributed by atoms with Gasteiger partial charge in [0.05, 0.1) is 6.61 Å². The number of benzene rings is 1. The second-order valence-electron chi connectivity index (χ2n) is 5.83. The fourth-order valence-corrected chi connectivity index (χ4v) is 4.41. The minimum atomic E-state index is -3.08. The van der Waals surface area contributed by atoms with Crippen molar-refractivity contribution in [2.45, 2.75) is 33.5 Å². The van der Waals surface area contributed by atoms with E-state index in [1.165, 1.54) is 12.1 Å². The molecule has 1 heterocycles. The molecule has 20 heavy (non-hydrogen) atoms. The molecule has 5 heteroatoms. The highest BCUT2D eigenvalue weighted by Crippen LogP contribution is 2.68. The Morgan fingerprint density at radius 2 is 1.90 bits per heavy atom.